The van der Waals surface area contributed by atoms with Crippen LogP contribution in [0.3, 0.4) is 0 Å². The minimum Gasteiger partial charge on any atom is -0.370 e. The smallest absolute Gasteiger partial charge is 0.271 e. The average molecular weight is 540 g/mol. The van der Waals surface area contributed by atoms with Gasteiger partial charge in [-0.3, -0.25) is 9.36 Å². The van der Waals surface area contributed by atoms with Crippen molar-refractivity contribution in [2.45, 2.75) is 149 Å². The van der Waals surface area contributed by atoms with Crippen LogP contribution in [-0.4, -0.2) is 20.1 Å². The number of fused-ring (bicyclic) bond motifs is 4. The van der Waals surface area contributed by atoms with E-state index in [2.05, 4.69) is 26.8 Å². The van der Waals surface area contributed by atoms with Crippen molar-refractivity contribution in [2.24, 2.45) is 0 Å². The highest BCUT2D eigenvalue weighted by Gasteiger charge is 2.28. The maximum atomic E-state index is 13.2. The van der Waals surface area contributed by atoms with Gasteiger partial charge in [0.25, 0.3) is 5.56 Å². The number of hydrogen-bond acceptors (Lipinski definition) is 5. The minimum atomic E-state index is -0.192. The molecule has 5 nitrogen and oxygen atoms in total. The molecule has 210 valence electrons. The molecule has 4 heterocycles. The summed E-state index contributed by atoms with van der Waals surface area (Å²) >= 11 is 1.49. The number of rotatable bonds is 17. The van der Waals surface area contributed by atoms with E-state index < -0.39 is 0 Å². The number of unbranched alkanes of at least 4 members (excludes halogenated alkanes) is 15. The zero-order valence-electron chi connectivity index (χ0n) is 24.2. The average Bonchev–Trinajstić information content (AvgIpc) is 3.26. The lowest BCUT2D eigenvalue weighted by Crippen LogP contribution is -2.32. The largest absolute Gasteiger partial charge is 0.370 e. The van der Waals surface area contributed by atoms with Gasteiger partial charge in [0.2, 0.25) is 0 Å². The van der Waals surface area contributed by atoms with E-state index in [1.54, 1.807) is 10.9 Å². The van der Waals surface area contributed by atoms with Gasteiger partial charge in [0.1, 0.15) is 9.53 Å². The van der Waals surface area contributed by atoms with Gasteiger partial charge in [-0.05, 0) is 26.3 Å². The third-order valence-corrected chi connectivity index (χ3v) is 9.15. The van der Waals surface area contributed by atoms with Crippen LogP contribution in [0.25, 0.3) is 20.4 Å². The van der Waals surface area contributed by atoms with Crippen molar-refractivity contribution in [3.05, 3.63) is 34.0 Å². The molecule has 1 aliphatic rings. The normalized spacial score (nSPS) is 14.9. The van der Waals surface area contributed by atoms with Gasteiger partial charge in [-0.2, -0.15) is 0 Å². The van der Waals surface area contributed by atoms with Gasteiger partial charge in [0.15, 0.2) is 0 Å². The highest BCUT2D eigenvalue weighted by molar-refractivity contribution is 7.25. The van der Waals surface area contributed by atoms with E-state index in [1.807, 2.05) is 0 Å². The topological polar surface area (TPSA) is 57.0 Å². The molecule has 0 unspecified atom stereocenters. The van der Waals surface area contributed by atoms with Gasteiger partial charge in [-0.1, -0.05) is 103 Å². The monoisotopic (exact) mass is 539 g/mol. The van der Waals surface area contributed by atoms with E-state index in [9.17, 15) is 4.79 Å². The van der Waals surface area contributed by atoms with Crippen LogP contribution in [-0.2, 0) is 24.3 Å². The number of hydrogen-bond donors (Lipinski definition) is 0. The molecule has 0 fully saturated rings. The summed E-state index contributed by atoms with van der Waals surface area (Å²) in [4.78, 5) is 23.7. The van der Waals surface area contributed by atoms with E-state index in [4.69, 9.17) is 14.7 Å². The first-order valence-corrected chi connectivity index (χ1v) is 16.2. The Bertz CT molecular complexity index is 1210. The van der Waals surface area contributed by atoms with Crippen molar-refractivity contribution in [3.8, 4) is 0 Å². The molecule has 0 bridgehead atoms. The Hall–Kier alpha value is -1.79. The number of nitrogens with zero attached hydrogens (tertiary/aromatic N) is 3. The van der Waals surface area contributed by atoms with E-state index in [0.29, 0.717) is 6.61 Å². The molecule has 0 atom stereocenters. The molecule has 6 heteroatoms. The third kappa shape index (κ3) is 8.11. The second-order valence-electron chi connectivity index (χ2n) is 12.0. The maximum absolute atomic E-state index is 13.2. The van der Waals surface area contributed by atoms with Crippen molar-refractivity contribution in [3.63, 3.8) is 0 Å². The molecule has 0 radical (unpaired) electrons. The van der Waals surface area contributed by atoms with Crippen LogP contribution in [0.1, 0.15) is 135 Å². The fourth-order valence-corrected chi connectivity index (χ4v) is 6.75. The van der Waals surface area contributed by atoms with Gasteiger partial charge in [-0.15, -0.1) is 11.3 Å². The quantitative estimate of drug-likeness (QED) is 0.160. The number of thiophene rings is 1. The number of pyridine rings is 1. The van der Waals surface area contributed by atoms with Crippen LogP contribution in [0, 0.1) is 0 Å². The number of aryl methyl sites for hydroxylation is 1. The first kappa shape index (κ1) is 29.2. The van der Waals surface area contributed by atoms with E-state index in [-0.39, 0.29) is 11.2 Å². The zero-order valence-corrected chi connectivity index (χ0v) is 25.0. The SMILES string of the molecule is CCCCCCCCCCCCCCCCCCn1cnc2c(sc3nc4c(cc32)COC(C)(C)C4)c1=O. The second kappa shape index (κ2) is 14.6. The molecular formula is C32H49N3O2S. The van der Waals surface area contributed by atoms with Crippen molar-refractivity contribution in [2.75, 3.05) is 0 Å². The van der Waals surface area contributed by atoms with Crippen LogP contribution in [0.4, 0.5) is 0 Å². The standard InChI is InChI=1S/C32H49N3O2S/c1-4-5-6-7-8-9-10-11-12-13-14-15-16-17-18-19-20-35-24-33-28-26-21-25-23-37-32(2,3)22-27(25)34-30(26)38-29(28)31(35)36/h21,24H,4-20,22-23H2,1-3H3. The van der Waals surface area contributed by atoms with Gasteiger partial charge in [0, 0.05) is 23.9 Å². The number of ether oxygens (including phenoxy) is 1. The second-order valence-corrected chi connectivity index (χ2v) is 13.0. The van der Waals surface area contributed by atoms with Crippen molar-refractivity contribution < 1.29 is 4.74 Å². The van der Waals surface area contributed by atoms with E-state index in [0.717, 1.165) is 51.1 Å². The molecule has 0 saturated heterocycles. The van der Waals surface area contributed by atoms with Crippen molar-refractivity contribution in [1.82, 2.24) is 14.5 Å². The summed E-state index contributed by atoms with van der Waals surface area (Å²) in [6.07, 6.45) is 24.2. The Labute approximate surface area is 233 Å². The molecule has 0 aromatic carbocycles. The first-order valence-electron chi connectivity index (χ1n) is 15.4. The van der Waals surface area contributed by atoms with Gasteiger partial charge >= 0.3 is 0 Å². The molecule has 4 rings (SSSR count). The first-order chi connectivity index (χ1) is 18.5. The maximum Gasteiger partial charge on any atom is 0.271 e. The van der Waals surface area contributed by atoms with Gasteiger partial charge in [-0.25, -0.2) is 9.97 Å². The highest BCUT2D eigenvalue weighted by Crippen LogP contribution is 2.34. The van der Waals surface area contributed by atoms with E-state index >= 15 is 0 Å². The van der Waals surface area contributed by atoms with Crippen molar-refractivity contribution >= 4 is 31.8 Å². The Morgan fingerprint density at radius 2 is 1.47 bits per heavy atom. The molecule has 0 saturated carbocycles. The molecule has 3 aromatic heterocycles. The lowest BCUT2D eigenvalue weighted by Gasteiger charge is -2.30. The summed E-state index contributed by atoms with van der Waals surface area (Å²) in [7, 11) is 0. The third-order valence-electron chi connectivity index (χ3n) is 8.07. The van der Waals surface area contributed by atoms with Crippen LogP contribution in [0.5, 0.6) is 0 Å². The lowest BCUT2D eigenvalue weighted by atomic mass is 9.95. The summed E-state index contributed by atoms with van der Waals surface area (Å²) in [5.41, 5.74) is 2.89. The van der Waals surface area contributed by atoms with Crippen LogP contribution < -0.4 is 5.56 Å². The molecule has 0 spiro atoms. The Balaban J connectivity index is 1.13. The van der Waals surface area contributed by atoms with E-state index in [1.165, 1.54) is 108 Å². The molecule has 0 aliphatic carbocycles. The van der Waals surface area contributed by atoms with Gasteiger partial charge in [0.05, 0.1) is 29.7 Å². The van der Waals surface area contributed by atoms with Gasteiger partial charge < -0.3 is 4.74 Å². The Kier molecular flexibility index (Phi) is 11.2. The zero-order chi connectivity index (χ0) is 26.8. The summed E-state index contributed by atoms with van der Waals surface area (Å²) in [5, 5.41) is 0.985. The summed E-state index contributed by atoms with van der Waals surface area (Å²) in [6, 6.07) is 2.14. The summed E-state index contributed by atoms with van der Waals surface area (Å²) < 4.78 is 8.50. The molecule has 0 amide bonds. The molecule has 1 aliphatic heterocycles. The Morgan fingerprint density at radius 1 is 0.895 bits per heavy atom. The minimum absolute atomic E-state index is 0.0773. The van der Waals surface area contributed by atoms with Crippen LogP contribution >= 0.6 is 11.3 Å². The number of aromatic nitrogens is 3. The van der Waals surface area contributed by atoms with Crippen LogP contribution in [0.15, 0.2) is 17.2 Å². The fraction of sp³-hybridized carbons (Fsp3) is 0.719. The molecule has 3 aromatic rings. The predicted octanol–water partition coefficient (Wildman–Crippen LogP) is 9.12. The highest BCUT2D eigenvalue weighted by atomic mass is 32.1. The summed E-state index contributed by atoms with van der Waals surface area (Å²) in [5.74, 6) is 0. The van der Waals surface area contributed by atoms with Crippen LogP contribution in [0.2, 0.25) is 0 Å². The van der Waals surface area contributed by atoms with Crippen molar-refractivity contribution in [1.29, 1.82) is 0 Å². The molecule has 0 N–H and O–H groups in total. The summed E-state index contributed by atoms with van der Waals surface area (Å²) in [6.45, 7) is 7.81. The lowest BCUT2D eigenvalue weighted by molar-refractivity contribution is -0.0411. The Morgan fingerprint density at radius 3 is 2.08 bits per heavy atom. The fourth-order valence-electron chi connectivity index (χ4n) is 5.67. The molecule has 38 heavy (non-hydrogen) atoms. The predicted molar refractivity (Wildman–Crippen MR) is 161 cm³/mol. The molecular weight excluding hydrogens is 490 g/mol.